The highest BCUT2D eigenvalue weighted by Gasteiger charge is 2.26. The van der Waals surface area contributed by atoms with Crippen molar-refractivity contribution in [1.29, 1.82) is 0 Å². The second-order valence-electron chi connectivity index (χ2n) is 8.15. The maximum atomic E-state index is 12.7. The van der Waals surface area contributed by atoms with Gasteiger partial charge >= 0.3 is 0 Å². The maximum Gasteiger partial charge on any atom is 0.276 e. The van der Waals surface area contributed by atoms with E-state index in [0.29, 0.717) is 5.69 Å². The largest absolute Gasteiger partial charge is 0.497 e. The summed E-state index contributed by atoms with van der Waals surface area (Å²) in [5.74, 6) is 1.64. The van der Waals surface area contributed by atoms with E-state index in [1.165, 1.54) is 6.42 Å². The van der Waals surface area contributed by atoms with Gasteiger partial charge in [0.1, 0.15) is 11.5 Å². The minimum atomic E-state index is 0.0107. The Bertz CT molecular complexity index is 862. The Labute approximate surface area is 177 Å². The fraction of sp³-hybridized carbons (Fsp3) is 0.591. The molecule has 0 spiro atoms. The summed E-state index contributed by atoms with van der Waals surface area (Å²) in [6.45, 7) is 4.35. The molecule has 1 aromatic carbocycles. The van der Waals surface area contributed by atoms with Crippen molar-refractivity contribution in [3.05, 3.63) is 35.7 Å². The van der Waals surface area contributed by atoms with Gasteiger partial charge in [-0.05, 0) is 44.7 Å². The molecule has 0 aliphatic carbocycles. The number of carbonyl (C=O) groups excluding carboxylic acids is 1. The van der Waals surface area contributed by atoms with Crippen LogP contribution in [0.4, 0.5) is 0 Å². The molecule has 0 saturated carbocycles. The summed E-state index contributed by atoms with van der Waals surface area (Å²) in [6.07, 6.45) is 7.31. The highest BCUT2D eigenvalue weighted by atomic mass is 16.5. The SMILES string of the molecule is COc1ccc(CN2CCCC(n3cc(C(=O)N4CCCCC4)nn3)C2)c(OC)c1. The van der Waals surface area contributed by atoms with Crippen LogP contribution in [0.15, 0.2) is 24.4 Å². The van der Waals surface area contributed by atoms with E-state index in [1.54, 1.807) is 14.2 Å². The van der Waals surface area contributed by atoms with Gasteiger partial charge in [0.15, 0.2) is 5.69 Å². The Balaban J connectivity index is 1.41. The predicted octanol–water partition coefficient (Wildman–Crippen LogP) is 2.76. The zero-order valence-corrected chi connectivity index (χ0v) is 17.9. The Morgan fingerprint density at radius 2 is 1.93 bits per heavy atom. The Kier molecular flexibility index (Phi) is 6.52. The monoisotopic (exact) mass is 413 g/mol. The molecular weight excluding hydrogens is 382 g/mol. The topological polar surface area (TPSA) is 72.7 Å². The summed E-state index contributed by atoms with van der Waals surface area (Å²) in [5, 5.41) is 8.50. The zero-order chi connectivity index (χ0) is 20.9. The molecule has 1 amide bonds. The van der Waals surface area contributed by atoms with E-state index < -0.39 is 0 Å². The van der Waals surface area contributed by atoms with Crippen molar-refractivity contribution in [2.75, 3.05) is 40.4 Å². The average molecular weight is 414 g/mol. The van der Waals surface area contributed by atoms with Crippen LogP contribution in [-0.2, 0) is 6.54 Å². The van der Waals surface area contributed by atoms with Crippen LogP contribution in [0.25, 0.3) is 0 Å². The number of benzene rings is 1. The van der Waals surface area contributed by atoms with E-state index in [1.807, 2.05) is 27.9 Å². The van der Waals surface area contributed by atoms with Crippen molar-refractivity contribution in [3.63, 3.8) is 0 Å². The molecule has 2 aliphatic rings. The van der Waals surface area contributed by atoms with E-state index >= 15 is 0 Å². The minimum Gasteiger partial charge on any atom is -0.497 e. The number of amides is 1. The molecule has 1 aromatic heterocycles. The van der Waals surface area contributed by atoms with Crippen LogP contribution in [0.2, 0.25) is 0 Å². The van der Waals surface area contributed by atoms with E-state index in [9.17, 15) is 4.79 Å². The third kappa shape index (κ3) is 4.59. The molecule has 1 unspecified atom stereocenters. The van der Waals surface area contributed by atoms with Crippen LogP contribution in [-0.4, -0.2) is 71.1 Å². The summed E-state index contributed by atoms with van der Waals surface area (Å²) < 4.78 is 12.7. The lowest BCUT2D eigenvalue weighted by Gasteiger charge is -2.32. The number of ether oxygens (including phenoxy) is 2. The molecule has 3 heterocycles. The number of rotatable bonds is 6. The van der Waals surface area contributed by atoms with Crippen LogP contribution in [0.3, 0.4) is 0 Å². The van der Waals surface area contributed by atoms with Gasteiger partial charge in [-0.1, -0.05) is 11.3 Å². The molecule has 30 heavy (non-hydrogen) atoms. The summed E-state index contributed by atoms with van der Waals surface area (Å²) >= 11 is 0. The van der Waals surface area contributed by atoms with Gasteiger partial charge in [0, 0.05) is 37.8 Å². The first kappa shape index (κ1) is 20.7. The van der Waals surface area contributed by atoms with Gasteiger partial charge in [0.25, 0.3) is 5.91 Å². The van der Waals surface area contributed by atoms with E-state index in [0.717, 1.165) is 75.5 Å². The summed E-state index contributed by atoms with van der Waals surface area (Å²) in [5.41, 5.74) is 1.60. The number of methoxy groups -OCH3 is 2. The molecular formula is C22H31N5O3. The number of carbonyl (C=O) groups is 1. The molecule has 2 saturated heterocycles. The van der Waals surface area contributed by atoms with Gasteiger partial charge < -0.3 is 14.4 Å². The predicted molar refractivity (Wildman–Crippen MR) is 113 cm³/mol. The Hall–Kier alpha value is -2.61. The first-order valence-corrected chi connectivity index (χ1v) is 10.8. The number of likely N-dealkylation sites (tertiary alicyclic amines) is 2. The smallest absolute Gasteiger partial charge is 0.276 e. The highest BCUT2D eigenvalue weighted by molar-refractivity contribution is 5.91. The lowest BCUT2D eigenvalue weighted by molar-refractivity contribution is 0.0718. The van der Waals surface area contributed by atoms with Gasteiger partial charge in [0.05, 0.1) is 26.5 Å². The van der Waals surface area contributed by atoms with Crippen molar-refractivity contribution in [3.8, 4) is 11.5 Å². The molecule has 0 radical (unpaired) electrons. The van der Waals surface area contributed by atoms with Gasteiger partial charge in [-0.2, -0.15) is 0 Å². The molecule has 2 aliphatic heterocycles. The third-order valence-electron chi connectivity index (χ3n) is 6.12. The van der Waals surface area contributed by atoms with Crippen LogP contribution in [0, 0.1) is 0 Å². The molecule has 8 heteroatoms. The third-order valence-corrected chi connectivity index (χ3v) is 6.12. The van der Waals surface area contributed by atoms with Crippen LogP contribution < -0.4 is 9.47 Å². The number of nitrogens with zero attached hydrogens (tertiary/aromatic N) is 5. The van der Waals surface area contributed by atoms with Crippen molar-refractivity contribution < 1.29 is 14.3 Å². The van der Waals surface area contributed by atoms with Gasteiger partial charge in [0.2, 0.25) is 0 Å². The molecule has 4 rings (SSSR count). The van der Waals surface area contributed by atoms with Gasteiger partial charge in [-0.25, -0.2) is 4.68 Å². The van der Waals surface area contributed by atoms with Crippen LogP contribution >= 0.6 is 0 Å². The van der Waals surface area contributed by atoms with E-state index in [-0.39, 0.29) is 11.9 Å². The summed E-state index contributed by atoms with van der Waals surface area (Å²) in [7, 11) is 3.35. The zero-order valence-electron chi connectivity index (χ0n) is 17.9. The standard InChI is InChI=1S/C22H31N5O3/c1-29-19-9-8-17(21(13-19)30-2)14-25-10-6-7-18(15-25)27-16-20(23-24-27)22(28)26-11-4-3-5-12-26/h8-9,13,16,18H,3-7,10-12,14-15H2,1-2H3. The second-order valence-corrected chi connectivity index (χ2v) is 8.15. The van der Waals surface area contributed by atoms with Gasteiger partial charge in [-0.3, -0.25) is 9.69 Å². The first-order valence-electron chi connectivity index (χ1n) is 10.8. The number of hydrogen-bond acceptors (Lipinski definition) is 6. The summed E-state index contributed by atoms with van der Waals surface area (Å²) in [6, 6.07) is 6.17. The average Bonchev–Trinajstić information content (AvgIpc) is 3.30. The maximum absolute atomic E-state index is 12.7. The lowest BCUT2D eigenvalue weighted by Crippen LogP contribution is -2.36. The van der Waals surface area contributed by atoms with Crippen molar-refractivity contribution in [1.82, 2.24) is 24.8 Å². The molecule has 8 nitrogen and oxygen atoms in total. The lowest BCUT2D eigenvalue weighted by atomic mass is 10.0. The van der Waals surface area contributed by atoms with Crippen molar-refractivity contribution >= 4 is 5.91 Å². The molecule has 0 bridgehead atoms. The molecule has 2 aromatic rings. The van der Waals surface area contributed by atoms with E-state index in [4.69, 9.17) is 9.47 Å². The number of hydrogen-bond donors (Lipinski definition) is 0. The first-order chi connectivity index (χ1) is 14.7. The van der Waals surface area contributed by atoms with E-state index in [2.05, 4.69) is 21.3 Å². The minimum absolute atomic E-state index is 0.0107. The highest BCUT2D eigenvalue weighted by Crippen LogP contribution is 2.28. The van der Waals surface area contributed by atoms with Crippen LogP contribution in [0.5, 0.6) is 11.5 Å². The van der Waals surface area contributed by atoms with Crippen LogP contribution in [0.1, 0.15) is 54.2 Å². The molecule has 1 atom stereocenters. The molecule has 0 N–H and O–H groups in total. The Morgan fingerprint density at radius 3 is 2.70 bits per heavy atom. The van der Waals surface area contributed by atoms with Crippen molar-refractivity contribution in [2.45, 2.75) is 44.7 Å². The fourth-order valence-corrected chi connectivity index (χ4v) is 4.43. The Morgan fingerprint density at radius 1 is 1.10 bits per heavy atom. The molecule has 162 valence electrons. The normalized spacial score (nSPS) is 20.2. The quantitative estimate of drug-likeness (QED) is 0.725. The second kappa shape index (κ2) is 9.47. The number of piperidine rings is 2. The van der Waals surface area contributed by atoms with Crippen molar-refractivity contribution in [2.24, 2.45) is 0 Å². The molecule has 2 fully saturated rings. The summed E-state index contributed by atoms with van der Waals surface area (Å²) in [4.78, 5) is 17.0. The van der Waals surface area contributed by atoms with Gasteiger partial charge in [-0.15, -0.1) is 5.10 Å². The number of aromatic nitrogens is 3. The fourth-order valence-electron chi connectivity index (χ4n) is 4.43.